The number of Topliss-reactive ketones (excluding diaryl/α,β-unsaturated/α-hetero) is 1. The number of ether oxygens (including phenoxy) is 2. The zero-order chi connectivity index (χ0) is 25.1. The number of likely N-dealkylation sites (tertiary alicyclic amines) is 1. The van der Waals surface area contributed by atoms with Crippen LogP contribution in [0.3, 0.4) is 0 Å². The number of rotatable bonds is 6. The second-order valence-corrected chi connectivity index (χ2v) is 9.63. The number of piperidine rings is 1. The Kier molecular flexibility index (Phi) is 6.64. The molecule has 3 aromatic rings. The SMILES string of the molecule is COc1ccc(C)cc1C(=O)CCC(=O)N1CCC2(C=Cc3cc(-c4ccccc4)ccc3O2)CC1. The Morgan fingerprint density at radius 2 is 1.72 bits per heavy atom. The second-order valence-electron chi connectivity index (χ2n) is 9.63. The largest absolute Gasteiger partial charge is 0.496 e. The molecule has 0 N–H and O–H groups in total. The number of methoxy groups -OCH3 is 1. The highest BCUT2D eigenvalue weighted by Gasteiger charge is 2.38. The van der Waals surface area contributed by atoms with Crippen molar-refractivity contribution in [3.05, 3.63) is 89.5 Å². The van der Waals surface area contributed by atoms with Gasteiger partial charge in [0.25, 0.3) is 0 Å². The van der Waals surface area contributed by atoms with Gasteiger partial charge in [-0.25, -0.2) is 0 Å². The number of hydrogen-bond donors (Lipinski definition) is 0. The van der Waals surface area contributed by atoms with E-state index in [1.807, 2.05) is 48.2 Å². The number of fused-ring (bicyclic) bond motifs is 1. The third kappa shape index (κ3) is 4.92. The quantitative estimate of drug-likeness (QED) is 0.399. The molecule has 0 atom stereocenters. The number of hydrogen-bond acceptors (Lipinski definition) is 4. The van der Waals surface area contributed by atoms with Crippen LogP contribution in [0.4, 0.5) is 0 Å². The fraction of sp³-hybridized carbons (Fsp3) is 0.290. The number of carbonyl (C=O) groups excluding carboxylic acids is 2. The van der Waals surface area contributed by atoms with Gasteiger partial charge in [0.1, 0.15) is 17.1 Å². The third-order valence-electron chi connectivity index (χ3n) is 7.18. The first-order chi connectivity index (χ1) is 17.5. The molecule has 0 saturated carbocycles. The number of ketones is 1. The maximum Gasteiger partial charge on any atom is 0.223 e. The van der Waals surface area contributed by atoms with Gasteiger partial charge in [-0.2, -0.15) is 0 Å². The predicted octanol–water partition coefficient (Wildman–Crippen LogP) is 6.10. The number of aryl methyl sites for hydroxylation is 1. The van der Waals surface area contributed by atoms with Gasteiger partial charge in [0, 0.05) is 44.3 Å². The Morgan fingerprint density at radius 1 is 0.944 bits per heavy atom. The standard InChI is InChI=1S/C31H31NO4/c1-22-8-11-29(35-2)26(20-22)27(33)10-13-30(34)32-18-16-31(17-19-32)15-14-25-21-24(9-12-28(25)36-31)23-6-4-3-5-7-23/h3-9,11-12,14-15,20-21H,10,13,16-19H2,1-2H3. The van der Waals surface area contributed by atoms with Crippen molar-refractivity contribution in [2.45, 2.75) is 38.2 Å². The van der Waals surface area contributed by atoms with Gasteiger partial charge >= 0.3 is 0 Å². The zero-order valence-corrected chi connectivity index (χ0v) is 20.8. The van der Waals surface area contributed by atoms with Crippen molar-refractivity contribution in [1.29, 1.82) is 0 Å². The summed E-state index contributed by atoms with van der Waals surface area (Å²) in [7, 11) is 1.55. The number of amides is 1. The van der Waals surface area contributed by atoms with E-state index in [9.17, 15) is 9.59 Å². The molecule has 5 nitrogen and oxygen atoms in total. The molecular weight excluding hydrogens is 450 g/mol. The van der Waals surface area contributed by atoms with Gasteiger partial charge in [0.05, 0.1) is 12.7 Å². The lowest BCUT2D eigenvalue weighted by molar-refractivity contribution is -0.133. The lowest BCUT2D eigenvalue weighted by Gasteiger charge is -2.42. The summed E-state index contributed by atoms with van der Waals surface area (Å²) < 4.78 is 11.8. The maximum atomic E-state index is 12.9. The summed E-state index contributed by atoms with van der Waals surface area (Å²) in [6, 6.07) is 22.1. The van der Waals surface area contributed by atoms with Crippen LogP contribution in [-0.4, -0.2) is 42.4 Å². The first kappa shape index (κ1) is 23.9. The average molecular weight is 482 g/mol. The fourth-order valence-corrected chi connectivity index (χ4v) is 5.03. The van der Waals surface area contributed by atoms with Crippen LogP contribution in [0, 0.1) is 6.92 Å². The highest BCUT2D eigenvalue weighted by atomic mass is 16.5. The first-order valence-electron chi connectivity index (χ1n) is 12.5. The molecule has 36 heavy (non-hydrogen) atoms. The zero-order valence-electron chi connectivity index (χ0n) is 20.8. The van der Waals surface area contributed by atoms with Crippen LogP contribution >= 0.6 is 0 Å². The lowest BCUT2D eigenvalue weighted by Crippen LogP contribution is -2.49. The van der Waals surface area contributed by atoms with E-state index in [4.69, 9.17) is 9.47 Å². The van der Waals surface area contributed by atoms with Crippen molar-refractivity contribution in [3.63, 3.8) is 0 Å². The molecule has 1 amide bonds. The molecule has 3 aromatic carbocycles. The molecular formula is C31H31NO4. The molecule has 0 radical (unpaired) electrons. The molecule has 5 rings (SSSR count). The van der Waals surface area contributed by atoms with E-state index >= 15 is 0 Å². The van der Waals surface area contributed by atoms with Crippen molar-refractivity contribution in [1.82, 2.24) is 4.90 Å². The molecule has 184 valence electrons. The van der Waals surface area contributed by atoms with Gasteiger partial charge in [0.2, 0.25) is 5.91 Å². The Labute approximate surface area is 212 Å². The summed E-state index contributed by atoms with van der Waals surface area (Å²) in [6.45, 7) is 3.17. The number of nitrogens with zero attached hydrogens (tertiary/aromatic N) is 1. The molecule has 5 heteroatoms. The molecule has 2 aliphatic rings. The summed E-state index contributed by atoms with van der Waals surface area (Å²) in [5.74, 6) is 1.38. The van der Waals surface area contributed by atoms with E-state index in [1.54, 1.807) is 13.2 Å². The summed E-state index contributed by atoms with van der Waals surface area (Å²) in [4.78, 5) is 27.5. The van der Waals surface area contributed by atoms with Crippen LogP contribution in [-0.2, 0) is 4.79 Å². The molecule has 0 unspecified atom stereocenters. The normalized spacial score (nSPS) is 15.8. The summed E-state index contributed by atoms with van der Waals surface area (Å²) in [5, 5.41) is 0. The topological polar surface area (TPSA) is 55.8 Å². The molecule has 1 spiro atoms. The Bertz CT molecular complexity index is 1300. The Hall–Kier alpha value is -3.86. The van der Waals surface area contributed by atoms with Crippen LogP contribution in [0.25, 0.3) is 17.2 Å². The van der Waals surface area contributed by atoms with E-state index in [1.165, 1.54) is 5.56 Å². The molecule has 2 aliphatic heterocycles. The van der Waals surface area contributed by atoms with Crippen molar-refractivity contribution >= 4 is 17.8 Å². The van der Waals surface area contributed by atoms with Gasteiger partial charge in [-0.15, -0.1) is 0 Å². The van der Waals surface area contributed by atoms with E-state index in [2.05, 4.69) is 36.4 Å². The van der Waals surface area contributed by atoms with Gasteiger partial charge in [-0.05, 0) is 48.4 Å². The van der Waals surface area contributed by atoms with Crippen LogP contribution in [0.1, 0.15) is 47.2 Å². The minimum absolute atomic E-state index is 0.0116. The minimum atomic E-state index is -0.386. The summed E-state index contributed by atoms with van der Waals surface area (Å²) in [6.07, 6.45) is 6.14. The maximum absolute atomic E-state index is 12.9. The Morgan fingerprint density at radius 3 is 2.47 bits per heavy atom. The smallest absolute Gasteiger partial charge is 0.223 e. The lowest BCUT2D eigenvalue weighted by atomic mass is 9.87. The highest BCUT2D eigenvalue weighted by Crippen LogP contribution is 2.39. The van der Waals surface area contributed by atoms with E-state index < -0.39 is 0 Å². The highest BCUT2D eigenvalue weighted by molar-refractivity contribution is 6.00. The minimum Gasteiger partial charge on any atom is -0.496 e. The van der Waals surface area contributed by atoms with Gasteiger partial charge in [-0.1, -0.05) is 54.1 Å². The summed E-state index contributed by atoms with van der Waals surface area (Å²) in [5.41, 5.74) is 4.56. The molecule has 0 aromatic heterocycles. The fourth-order valence-electron chi connectivity index (χ4n) is 5.03. The molecule has 0 bridgehead atoms. The predicted molar refractivity (Wildman–Crippen MR) is 141 cm³/mol. The van der Waals surface area contributed by atoms with Crippen LogP contribution < -0.4 is 9.47 Å². The van der Waals surface area contributed by atoms with E-state index in [0.717, 1.165) is 35.3 Å². The molecule has 0 aliphatic carbocycles. The van der Waals surface area contributed by atoms with Gasteiger partial charge < -0.3 is 14.4 Å². The van der Waals surface area contributed by atoms with Crippen molar-refractivity contribution < 1.29 is 19.1 Å². The number of benzene rings is 3. The monoisotopic (exact) mass is 481 g/mol. The second kappa shape index (κ2) is 10.0. The Balaban J connectivity index is 1.18. The summed E-state index contributed by atoms with van der Waals surface area (Å²) >= 11 is 0. The van der Waals surface area contributed by atoms with Crippen molar-refractivity contribution in [2.75, 3.05) is 20.2 Å². The van der Waals surface area contributed by atoms with Gasteiger partial charge in [0.15, 0.2) is 5.78 Å². The van der Waals surface area contributed by atoms with Crippen LogP contribution in [0.15, 0.2) is 72.8 Å². The number of carbonyl (C=O) groups is 2. The van der Waals surface area contributed by atoms with Crippen LogP contribution in [0.2, 0.25) is 0 Å². The van der Waals surface area contributed by atoms with Crippen molar-refractivity contribution in [3.8, 4) is 22.6 Å². The van der Waals surface area contributed by atoms with E-state index in [-0.39, 0.29) is 30.1 Å². The molecule has 2 heterocycles. The van der Waals surface area contributed by atoms with E-state index in [0.29, 0.717) is 24.4 Å². The molecule has 1 saturated heterocycles. The van der Waals surface area contributed by atoms with Crippen molar-refractivity contribution in [2.24, 2.45) is 0 Å². The average Bonchev–Trinajstić information content (AvgIpc) is 2.92. The third-order valence-corrected chi connectivity index (χ3v) is 7.18. The van der Waals surface area contributed by atoms with Gasteiger partial charge in [-0.3, -0.25) is 9.59 Å². The molecule has 1 fully saturated rings. The van der Waals surface area contributed by atoms with Crippen LogP contribution in [0.5, 0.6) is 11.5 Å². The first-order valence-corrected chi connectivity index (χ1v) is 12.5.